The highest BCUT2D eigenvalue weighted by molar-refractivity contribution is 7.92. The predicted octanol–water partition coefficient (Wildman–Crippen LogP) is 4.00. The molecule has 1 heterocycles. The van der Waals surface area contributed by atoms with Gasteiger partial charge in [-0.05, 0) is 30.3 Å². The van der Waals surface area contributed by atoms with Crippen LogP contribution in [-0.2, 0) is 10.0 Å². The van der Waals surface area contributed by atoms with Crippen molar-refractivity contribution >= 4 is 27.3 Å². The first-order chi connectivity index (χ1) is 12.3. The van der Waals surface area contributed by atoms with Gasteiger partial charge in [0.2, 0.25) is 0 Å². The molecule has 0 radical (unpaired) electrons. The van der Waals surface area contributed by atoms with Gasteiger partial charge in [0.1, 0.15) is 5.82 Å². The van der Waals surface area contributed by atoms with E-state index in [1.54, 1.807) is 6.07 Å². The number of benzene rings is 2. The van der Waals surface area contributed by atoms with Crippen molar-refractivity contribution in [2.45, 2.75) is 4.90 Å². The predicted molar refractivity (Wildman–Crippen MR) is 90.7 cm³/mol. The number of halogens is 3. The van der Waals surface area contributed by atoms with E-state index in [9.17, 15) is 17.2 Å². The summed E-state index contributed by atoms with van der Waals surface area (Å²) in [6, 6.07) is 8.52. The number of para-hydroxylation sites is 1. The van der Waals surface area contributed by atoms with Crippen molar-refractivity contribution in [2.24, 2.45) is 0 Å². The summed E-state index contributed by atoms with van der Waals surface area (Å²) < 4.78 is 58.6. The highest BCUT2D eigenvalue weighted by atomic mass is 35.5. The number of ether oxygens (including phenoxy) is 1. The molecule has 2 aromatic carbocycles. The first-order valence-electron chi connectivity index (χ1n) is 7.07. The summed E-state index contributed by atoms with van der Waals surface area (Å²) in [6.45, 7) is 0. The van der Waals surface area contributed by atoms with Crippen LogP contribution >= 0.6 is 11.6 Å². The Kier molecular flexibility index (Phi) is 5.01. The standard InChI is InChI=1S/C16H10ClF2N3O3S/c17-12-7-11(5-6-13(12)18)26(23,24)22-10-8-20-16(21-9-10)25-15-4-2-1-3-14(15)19/h1-9,22H. The number of sulfonamides is 1. The van der Waals surface area contributed by atoms with Gasteiger partial charge in [0.25, 0.3) is 10.0 Å². The molecule has 26 heavy (non-hydrogen) atoms. The van der Waals surface area contributed by atoms with Crippen LogP contribution in [0.4, 0.5) is 14.5 Å². The summed E-state index contributed by atoms with van der Waals surface area (Å²) in [5.74, 6) is -1.39. The molecule has 0 saturated heterocycles. The number of aromatic nitrogens is 2. The first-order valence-corrected chi connectivity index (χ1v) is 8.93. The zero-order valence-corrected chi connectivity index (χ0v) is 14.4. The second-order valence-electron chi connectivity index (χ2n) is 4.97. The molecule has 0 aliphatic rings. The van der Waals surface area contributed by atoms with Crippen molar-refractivity contribution in [2.75, 3.05) is 4.72 Å². The van der Waals surface area contributed by atoms with Crippen LogP contribution < -0.4 is 9.46 Å². The lowest BCUT2D eigenvalue weighted by Crippen LogP contribution is -2.13. The molecule has 3 rings (SSSR count). The smallest absolute Gasteiger partial charge is 0.322 e. The minimum absolute atomic E-state index is 0.0336. The molecule has 0 saturated carbocycles. The second-order valence-corrected chi connectivity index (χ2v) is 7.06. The lowest BCUT2D eigenvalue weighted by Gasteiger charge is -2.09. The van der Waals surface area contributed by atoms with E-state index >= 15 is 0 Å². The lowest BCUT2D eigenvalue weighted by molar-refractivity contribution is 0.411. The molecule has 6 nitrogen and oxygen atoms in total. The van der Waals surface area contributed by atoms with Gasteiger partial charge in [0.05, 0.1) is 28.0 Å². The molecule has 3 aromatic rings. The van der Waals surface area contributed by atoms with Crippen molar-refractivity contribution in [1.29, 1.82) is 0 Å². The van der Waals surface area contributed by atoms with Gasteiger partial charge in [-0.15, -0.1) is 0 Å². The molecule has 0 bridgehead atoms. The van der Waals surface area contributed by atoms with Gasteiger partial charge in [0.15, 0.2) is 11.6 Å². The van der Waals surface area contributed by atoms with Crippen LogP contribution in [-0.4, -0.2) is 18.4 Å². The van der Waals surface area contributed by atoms with E-state index in [0.717, 1.165) is 30.6 Å². The van der Waals surface area contributed by atoms with E-state index in [2.05, 4.69) is 14.7 Å². The molecule has 0 spiro atoms. The molecule has 1 N–H and O–H groups in total. The van der Waals surface area contributed by atoms with Gasteiger partial charge in [-0.3, -0.25) is 4.72 Å². The molecular formula is C16H10ClF2N3O3S. The van der Waals surface area contributed by atoms with E-state index in [4.69, 9.17) is 16.3 Å². The third-order valence-corrected chi connectivity index (χ3v) is 4.79. The summed E-state index contributed by atoms with van der Waals surface area (Å²) in [7, 11) is -4.01. The maximum Gasteiger partial charge on any atom is 0.322 e. The summed E-state index contributed by atoms with van der Waals surface area (Å²) in [5.41, 5.74) is 0.0336. The van der Waals surface area contributed by atoms with Crippen molar-refractivity contribution in [1.82, 2.24) is 9.97 Å². The Morgan fingerprint density at radius 1 is 1.00 bits per heavy atom. The normalized spacial score (nSPS) is 11.2. The molecule has 0 aliphatic heterocycles. The highest BCUT2D eigenvalue weighted by Crippen LogP contribution is 2.23. The monoisotopic (exact) mass is 397 g/mol. The Labute approximate surface area is 152 Å². The van der Waals surface area contributed by atoms with Crippen molar-refractivity contribution in [3.05, 3.63) is 71.5 Å². The van der Waals surface area contributed by atoms with Gasteiger partial charge in [-0.25, -0.2) is 27.2 Å². The van der Waals surface area contributed by atoms with Crippen molar-refractivity contribution < 1.29 is 21.9 Å². The molecule has 0 unspecified atom stereocenters. The lowest BCUT2D eigenvalue weighted by atomic mass is 10.3. The topological polar surface area (TPSA) is 81.2 Å². The first kappa shape index (κ1) is 18.0. The van der Waals surface area contributed by atoms with Gasteiger partial charge in [0, 0.05) is 0 Å². The Balaban J connectivity index is 1.76. The van der Waals surface area contributed by atoms with Crippen molar-refractivity contribution in [3.63, 3.8) is 0 Å². The Morgan fingerprint density at radius 3 is 2.35 bits per heavy atom. The number of hydrogen-bond donors (Lipinski definition) is 1. The number of anilines is 1. The minimum atomic E-state index is -4.01. The number of nitrogens with one attached hydrogen (secondary N) is 1. The third-order valence-electron chi connectivity index (χ3n) is 3.12. The average molecular weight is 398 g/mol. The van der Waals surface area contributed by atoms with Crippen LogP contribution in [0.15, 0.2) is 59.8 Å². The van der Waals surface area contributed by atoms with Gasteiger partial charge < -0.3 is 4.74 Å². The van der Waals surface area contributed by atoms with E-state index < -0.39 is 21.7 Å². The van der Waals surface area contributed by atoms with Gasteiger partial charge >= 0.3 is 6.01 Å². The maximum atomic E-state index is 13.5. The fourth-order valence-electron chi connectivity index (χ4n) is 1.91. The largest absolute Gasteiger partial charge is 0.421 e. The van der Waals surface area contributed by atoms with Crippen LogP contribution in [0, 0.1) is 11.6 Å². The quantitative estimate of drug-likeness (QED) is 0.703. The zero-order chi connectivity index (χ0) is 18.7. The van der Waals surface area contributed by atoms with Gasteiger partial charge in [-0.1, -0.05) is 23.7 Å². The zero-order valence-electron chi connectivity index (χ0n) is 12.9. The molecule has 0 atom stereocenters. The van der Waals surface area contributed by atoms with E-state index in [0.29, 0.717) is 0 Å². The Morgan fingerprint density at radius 2 is 1.69 bits per heavy atom. The fraction of sp³-hybridized carbons (Fsp3) is 0. The Bertz CT molecular complexity index is 1050. The molecular weight excluding hydrogens is 388 g/mol. The maximum absolute atomic E-state index is 13.5. The van der Waals surface area contributed by atoms with Crippen LogP contribution in [0.1, 0.15) is 0 Å². The van der Waals surface area contributed by atoms with Crippen LogP contribution in [0.2, 0.25) is 5.02 Å². The molecule has 0 fully saturated rings. The number of hydrogen-bond acceptors (Lipinski definition) is 5. The molecule has 10 heteroatoms. The van der Waals surface area contributed by atoms with E-state index in [1.807, 2.05) is 0 Å². The molecule has 0 amide bonds. The van der Waals surface area contributed by atoms with E-state index in [-0.39, 0.29) is 27.4 Å². The van der Waals surface area contributed by atoms with Gasteiger partial charge in [-0.2, -0.15) is 0 Å². The number of nitrogens with zero attached hydrogens (tertiary/aromatic N) is 2. The summed E-state index contributed by atoms with van der Waals surface area (Å²) in [6.07, 6.45) is 2.29. The van der Waals surface area contributed by atoms with Crippen LogP contribution in [0.3, 0.4) is 0 Å². The third kappa shape index (κ3) is 4.06. The molecule has 0 aliphatic carbocycles. The van der Waals surface area contributed by atoms with Crippen LogP contribution in [0.5, 0.6) is 11.8 Å². The fourth-order valence-corrected chi connectivity index (χ4v) is 3.20. The summed E-state index contributed by atoms with van der Waals surface area (Å²) >= 11 is 5.59. The average Bonchev–Trinajstić information content (AvgIpc) is 2.60. The highest BCUT2D eigenvalue weighted by Gasteiger charge is 2.17. The van der Waals surface area contributed by atoms with Crippen LogP contribution in [0.25, 0.3) is 0 Å². The SMILES string of the molecule is O=S(=O)(Nc1cnc(Oc2ccccc2F)nc1)c1ccc(F)c(Cl)c1. The summed E-state index contributed by atoms with van der Waals surface area (Å²) in [5, 5.41) is -0.322. The summed E-state index contributed by atoms with van der Waals surface area (Å²) in [4.78, 5) is 7.40. The minimum Gasteiger partial charge on any atom is -0.421 e. The second kappa shape index (κ2) is 7.22. The molecule has 1 aromatic heterocycles. The van der Waals surface area contributed by atoms with E-state index in [1.165, 1.54) is 18.2 Å². The Hall–Kier alpha value is -2.78. The molecule has 134 valence electrons. The number of rotatable bonds is 5. The van der Waals surface area contributed by atoms with Crippen molar-refractivity contribution in [3.8, 4) is 11.8 Å².